The Balaban J connectivity index is 1.92. The fraction of sp³-hybridized carbons (Fsp3) is 0.583. The Morgan fingerprint density at radius 2 is 2.17 bits per heavy atom. The first-order valence-corrected chi connectivity index (χ1v) is 6.87. The molecule has 5 nitrogen and oxygen atoms in total. The molecule has 2 rings (SSSR count). The highest BCUT2D eigenvalue weighted by Gasteiger charge is 2.26. The van der Waals surface area contributed by atoms with Crippen LogP contribution in [-0.2, 0) is 4.79 Å². The Labute approximate surface area is 109 Å². The van der Waals surface area contributed by atoms with E-state index in [4.69, 9.17) is 5.11 Å². The van der Waals surface area contributed by atoms with E-state index in [-0.39, 0.29) is 18.2 Å². The van der Waals surface area contributed by atoms with Crippen LogP contribution < -0.4 is 0 Å². The Morgan fingerprint density at radius 1 is 1.50 bits per heavy atom. The Hall–Kier alpha value is -1.43. The quantitative estimate of drug-likeness (QED) is 0.907. The molecule has 0 atom stereocenters. The Bertz CT molecular complexity index is 450. The molecule has 0 unspecified atom stereocenters. The first-order valence-electron chi connectivity index (χ1n) is 5.99. The number of piperidine rings is 1. The van der Waals surface area contributed by atoms with Crippen molar-refractivity contribution in [2.45, 2.75) is 26.2 Å². The van der Waals surface area contributed by atoms with E-state index >= 15 is 0 Å². The van der Waals surface area contributed by atoms with Crippen LogP contribution in [0.5, 0.6) is 0 Å². The van der Waals surface area contributed by atoms with E-state index in [9.17, 15) is 9.59 Å². The number of rotatable bonds is 3. The number of carboxylic acid groups (broad SMARTS) is 1. The first kappa shape index (κ1) is 13.0. The van der Waals surface area contributed by atoms with Crippen LogP contribution in [0.15, 0.2) is 5.51 Å². The molecule has 0 saturated carbocycles. The van der Waals surface area contributed by atoms with Gasteiger partial charge in [-0.3, -0.25) is 9.59 Å². The third-order valence-corrected chi connectivity index (χ3v) is 4.22. The number of carboxylic acids is 1. The lowest BCUT2D eigenvalue weighted by molar-refractivity contribution is -0.138. The Morgan fingerprint density at radius 3 is 2.67 bits per heavy atom. The smallest absolute Gasteiger partial charge is 0.303 e. The number of likely N-dealkylation sites (tertiary alicyclic amines) is 1. The van der Waals surface area contributed by atoms with Crippen molar-refractivity contribution in [1.82, 2.24) is 9.88 Å². The van der Waals surface area contributed by atoms with Gasteiger partial charge in [-0.1, -0.05) is 0 Å². The minimum atomic E-state index is -0.752. The monoisotopic (exact) mass is 268 g/mol. The van der Waals surface area contributed by atoms with Crippen molar-refractivity contribution in [3.63, 3.8) is 0 Å². The van der Waals surface area contributed by atoms with Gasteiger partial charge in [-0.05, 0) is 25.7 Å². The molecule has 18 heavy (non-hydrogen) atoms. The minimum Gasteiger partial charge on any atom is -0.481 e. The summed E-state index contributed by atoms with van der Waals surface area (Å²) in [4.78, 5) is 29.4. The van der Waals surface area contributed by atoms with Crippen molar-refractivity contribution >= 4 is 23.2 Å². The lowest BCUT2D eigenvalue weighted by Crippen LogP contribution is -2.38. The summed E-state index contributed by atoms with van der Waals surface area (Å²) >= 11 is 1.37. The number of nitrogens with zero attached hydrogens (tertiary/aromatic N) is 2. The zero-order valence-electron chi connectivity index (χ0n) is 10.3. The Kier molecular flexibility index (Phi) is 3.96. The molecule has 0 bridgehead atoms. The molecule has 2 heterocycles. The maximum atomic E-state index is 12.2. The number of thiazole rings is 1. The van der Waals surface area contributed by atoms with Gasteiger partial charge in [0.05, 0.1) is 11.2 Å². The largest absolute Gasteiger partial charge is 0.481 e. The van der Waals surface area contributed by atoms with E-state index in [1.165, 1.54) is 11.3 Å². The van der Waals surface area contributed by atoms with Gasteiger partial charge in [0.25, 0.3) is 5.91 Å². The van der Waals surface area contributed by atoms with Crippen LogP contribution in [0.1, 0.15) is 34.6 Å². The molecule has 98 valence electrons. The second kappa shape index (κ2) is 5.48. The van der Waals surface area contributed by atoms with Gasteiger partial charge in [0.2, 0.25) is 0 Å². The van der Waals surface area contributed by atoms with Gasteiger partial charge in [0.1, 0.15) is 4.88 Å². The van der Waals surface area contributed by atoms with Gasteiger partial charge in [-0.25, -0.2) is 4.98 Å². The number of hydrogen-bond acceptors (Lipinski definition) is 4. The van der Waals surface area contributed by atoms with Crippen LogP contribution in [0.25, 0.3) is 0 Å². The van der Waals surface area contributed by atoms with Crippen LogP contribution >= 0.6 is 11.3 Å². The van der Waals surface area contributed by atoms with Gasteiger partial charge in [0.15, 0.2) is 0 Å². The van der Waals surface area contributed by atoms with Crippen LogP contribution in [0.2, 0.25) is 0 Å². The lowest BCUT2D eigenvalue weighted by atomic mass is 9.93. The number of amides is 1. The molecular formula is C12H16N2O3S. The summed E-state index contributed by atoms with van der Waals surface area (Å²) in [6, 6.07) is 0. The van der Waals surface area contributed by atoms with Crippen LogP contribution in [-0.4, -0.2) is 40.0 Å². The average Bonchev–Trinajstić information content (AvgIpc) is 2.75. The van der Waals surface area contributed by atoms with Crippen LogP contribution in [0.3, 0.4) is 0 Å². The van der Waals surface area contributed by atoms with Gasteiger partial charge >= 0.3 is 5.97 Å². The summed E-state index contributed by atoms with van der Waals surface area (Å²) in [5.74, 6) is -0.518. The van der Waals surface area contributed by atoms with Crippen molar-refractivity contribution in [1.29, 1.82) is 0 Å². The van der Waals surface area contributed by atoms with Gasteiger partial charge < -0.3 is 10.0 Å². The summed E-state index contributed by atoms with van der Waals surface area (Å²) in [5.41, 5.74) is 2.46. The average molecular weight is 268 g/mol. The first-order chi connectivity index (χ1) is 8.58. The number of aryl methyl sites for hydroxylation is 1. The molecule has 1 amide bonds. The summed E-state index contributed by atoms with van der Waals surface area (Å²) in [6.07, 6.45) is 1.76. The molecular weight excluding hydrogens is 252 g/mol. The predicted octanol–water partition coefficient (Wildman–Crippen LogP) is 1.78. The summed E-state index contributed by atoms with van der Waals surface area (Å²) in [7, 11) is 0. The number of hydrogen-bond donors (Lipinski definition) is 1. The van der Waals surface area contributed by atoms with E-state index < -0.39 is 5.97 Å². The third-order valence-electron chi connectivity index (χ3n) is 3.30. The minimum absolute atomic E-state index is 0.0313. The van der Waals surface area contributed by atoms with Gasteiger partial charge in [-0.15, -0.1) is 11.3 Å². The highest BCUT2D eigenvalue weighted by atomic mass is 32.1. The van der Waals surface area contributed by atoms with Crippen LogP contribution in [0.4, 0.5) is 0 Å². The molecule has 0 radical (unpaired) electrons. The van der Waals surface area contributed by atoms with Crippen molar-refractivity contribution in [2.75, 3.05) is 13.1 Å². The molecule has 0 aromatic carbocycles. The second-order valence-electron chi connectivity index (χ2n) is 4.60. The lowest BCUT2D eigenvalue weighted by Gasteiger charge is -2.31. The van der Waals surface area contributed by atoms with Crippen LogP contribution in [0, 0.1) is 12.8 Å². The number of aliphatic carboxylic acids is 1. The predicted molar refractivity (Wildman–Crippen MR) is 67.7 cm³/mol. The normalized spacial score (nSPS) is 16.8. The molecule has 1 aliphatic heterocycles. The van der Waals surface area contributed by atoms with Gasteiger partial charge in [-0.2, -0.15) is 0 Å². The van der Waals surface area contributed by atoms with E-state index in [1.54, 1.807) is 10.4 Å². The topological polar surface area (TPSA) is 70.5 Å². The maximum absolute atomic E-state index is 12.2. The SMILES string of the molecule is Cc1ncsc1C(=O)N1CCC(CC(=O)O)CC1. The van der Waals surface area contributed by atoms with Crippen molar-refractivity contribution in [3.8, 4) is 0 Å². The fourth-order valence-corrected chi connectivity index (χ4v) is 3.01. The maximum Gasteiger partial charge on any atom is 0.303 e. The molecule has 1 aromatic heterocycles. The summed E-state index contributed by atoms with van der Waals surface area (Å²) in [6.45, 7) is 3.13. The molecule has 0 spiro atoms. The number of aromatic nitrogens is 1. The summed E-state index contributed by atoms with van der Waals surface area (Å²) < 4.78 is 0. The molecule has 1 saturated heterocycles. The number of carbonyl (C=O) groups excluding carboxylic acids is 1. The fourth-order valence-electron chi connectivity index (χ4n) is 2.24. The zero-order chi connectivity index (χ0) is 13.1. The van der Waals surface area contributed by atoms with E-state index in [0.29, 0.717) is 18.0 Å². The highest BCUT2D eigenvalue weighted by molar-refractivity contribution is 7.11. The molecule has 0 aliphatic carbocycles. The molecule has 1 N–H and O–H groups in total. The zero-order valence-corrected chi connectivity index (χ0v) is 11.1. The standard InChI is InChI=1S/C12H16N2O3S/c1-8-11(18-7-13-8)12(17)14-4-2-9(3-5-14)6-10(15)16/h7,9H,2-6H2,1H3,(H,15,16). The summed E-state index contributed by atoms with van der Waals surface area (Å²) in [5, 5.41) is 8.74. The van der Waals surface area contributed by atoms with Crippen molar-refractivity contribution in [3.05, 3.63) is 16.1 Å². The molecule has 1 aliphatic rings. The van der Waals surface area contributed by atoms with Gasteiger partial charge in [0, 0.05) is 19.5 Å². The highest BCUT2D eigenvalue weighted by Crippen LogP contribution is 2.23. The van der Waals surface area contributed by atoms with E-state index in [2.05, 4.69) is 4.98 Å². The van der Waals surface area contributed by atoms with Crippen molar-refractivity contribution < 1.29 is 14.7 Å². The van der Waals surface area contributed by atoms with E-state index in [1.807, 2.05) is 6.92 Å². The van der Waals surface area contributed by atoms with Crippen molar-refractivity contribution in [2.24, 2.45) is 5.92 Å². The molecule has 1 aromatic rings. The number of carbonyl (C=O) groups is 2. The van der Waals surface area contributed by atoms with E-state index in [0.717, 1.165) is 18.5 Å². The molecule has 6 heteroatoms. The molecule has 1 fully saturated rings. The third kappa shape index (κ3) is 2.87. The second-order valence-corrected chi connectivity index (χ2v) is 5.46.